The van der Waals surface area contributed by atoms with Crippen molar-refractivity contribution in [1.29, 1.82) is 0 Å². The molecule has 0 aliphatic carbocycles. The quantitative estimate of drug-likeness (QED) is 0.287. The summed E-state index contributed by atoms with van der Waals surface area (Å²) in [6.45, 7) is 5.61. The van der Waals surface area contributed by atoms with Gasteiger partial charge in [-0.1, -0.05) is 24.3 Å². The van der Waals surface area contributed by atoms with E-state index in [1.807, 2.05) is 26.8 Å². The number of nitrogens with zero attached hydrogens (tertiary/aromatic N) is 2. The zero-order chi connectivity index (χ0) is 27.4. The summed E-state index contributed by atoms with van der Waals surface area (Å²) in [5.74, 6) is -0.620. The van der Waals surface area contributed by atoms with Gasteiger partial charge in [-0.05, 0) is 68.8 Å². The Kier molecular flexibility index (Phi) is 5.89. The molecule has 3 aromatic rings. The molecule has 3 aromatic carbocycles. The zero-order valence-electron chi connectivity index (χ0n) is 21.0. The molecule has 6 nitrogen and oxygen atoms in total. The van der Waals surface area contributed by atoms with Crippen molar-refractivity contribution in [1.82, 2.24) is 0 Å². The predicted octanol–water partition coefficient (Wildman–Crippen LogP) is 6.60. The second-order valence-corrected chi connectivity index (χ2v) is 9.59. The Labute approximate surface area is 217 Å². The molecule has 0 atom stereocenters. The number of ether oxygens (including phenoxy) is 2. The molecule has 0 spiro atoms. The first-order valence-corrected chi connectivity index (χ1v) is 11.7. The van der Waals surface area contributed by atoms with E-state index in [1.54, 1.807) is 35.2 Å². The summed E-state index contributed by atoms with van der Waals surface area (Å²) in [5.41, 5.74) is 1.03. The number of allylic oxidation sites excluding steroid dienone is 1. The van der Waals surface area contributed by atoms with Crippen molar-refractivity contribution < 1.29 is 32.2 Å². The van der Waals surface area contributed by atoms with E-state index in [-0.39, 0.29) is 22.7 Å². The highest BCUT2D eigenvalue weighted by Gasteiger charge is 2.46. The van der Waals surface area contributed by atoms with Crippen LogP contribution in [0.1, 0.15) is 47.8 Å². The largest absolute Gasteiger partial charge is 0.496 e. The highest BCUT2D eigenvalue weighted by molar-refractivity contribution is 6.55. The lowest BCUT2D eigenvalue weighted by Crippen LogP contribution is -2.47. The SMILES string of the molecule is COc1ccccc1C(=O)Oc1cc2c3c(c1)C(=Nc1cccc(C(F)(F)F)c1)C(=O)N3C(C)(C)C=C2C. The minimum Gasteiger partial charge on any atom is -0.496 e. The van der Waals surface area contributed by atoms with Crippen LogP contribution in [-0.2, 0) is 11.0 Å². The molecule has 2 aliphatic heterocycles. The van der Waals surface area contributed by atoms with Crippen molar-refractivity contribution >= 4 is 34.5 Å². The van der Waals surface area contributed by atoms with Crippen LogP contribution in [0.4, 0.5) is 24.5 Å². The van der Waals surface area contributed by atoms with Crippen LogP contribution in [0.3, 0.4) is 0 Å². The van der Waals surface area contributed by atoms with Crippen molar-refractivity contribution in [3.8, 4) is 11.5 Å². The number of esters is 1. The monoisotopic (exact) mass is 520 g/mol. The fourth-order valence-corrected chi connectivity index (χ4v) is 4.90. The second kappa shape index (κ2) is 8.86. The third kappa shape index (κ3) is 4.23. The van der Waals surface area contributed by atoms with Gasteiger partial charge in [0.05, 0.1) is 29.6 Å². The molecule has 2 heterocycles. The number of aliphatic imine (C=N–C) groups is 1. The number of alkyl halides is 3. The molecule has 0 bridgehead atoms. The van der Waals surface area contributed by atoms with Crippen LogP contribution in [0.5, 0.6) is 11.5 Å². The van der Waals surface area contributed by atoms with Gasteiger partial charge in [0.1, 0.15) is 22.8 Å². The first-order valence-electron chi connectivity index (χ1n) is 11.7. The molecular formula is C29H23F3N2O4. The standard InChI is InChI=1S/C29H23F3N2O4/c1-16-15-28(2,3)34-25-21(16)13-19(38-27(36)20-10-5-6-11-23(20)37-4)14-22(25)24(26(34)35)33-18-9-7-8-17(12-18)29(30,31)32/h5-15H,1-4H3. The van der Waals surface area contributed by atoms with E-state index in [0.29, 0.717) is 22.6 Å². The molecule has 0 saturated heterocycles. The van der Waals surface area contributed by atoms with Gasteiger partial charge in [-0.15, -0.1) is 0 Å². The van der Waals surface area contributed by atoms with Crippen LogP contribution >= 0.6 is 0 Å². The maximum absolute atomic E-state index is 13.6. The summed E-state index contributed by atoms with van der Waals surface area (Å²) in [4.78, 5) is 32.6. The van der Waals surface area contributed by atoms with Crippen molar-refractivity contribution in [3.63, 3.8) is 0 Å². The van der Waals surface area contributed by atoms with Crippen LogP contribution in [0.25, 0.3) is 5.57 Å². The van der Waals surface area contributed by atoms with Crippen LogP contribution in [0.2, 0.25) is 0 Å². The third-order valence-electron chi connectivity index (χ3n) is 6.49. The second-order valence-electron chi connectivity index (χ2n) is 9.59. The Balaban J connectivity index is 1.65. The molecule has 9 heteroatoms. The number of halogens is 3. The summed E-state index contributed by atoms with van der Waals surface area (Å²) >= 11 is 0. The number of carbonyl (C=O) groups is 2. The van der Waals surface area contributed by atoms with Gasteiger partial charge in [0, 0.05) is 11.1 Å². The van der Waals surface area contributed by atoms with Gasteiger partial charge in [0.15, 0.2) is 0 Å². The van der Waals surface area contributed by atoms with Gasteiger partial charge in [0.25, 0.3) is 5.91 Å². The molecule has 194 valence electrons. The molecule has 0 aromatic heterocycles. The fraction of sp³-hybridized carbons (Fsp3) is 0.207. The number of rotatable bonds is 4. The Morgan fingerprint density at radius 3 is 2.42 bits per heavy atom. The van der Waals surface area contributed by atoms with E-state index < -0.39 is 29.2 Å². The van der Waals surface area contributed by atoms with Crippen molar-refractivity contribution in [2.75, 3.05) is 12.0 Å². The number of hydrogen-bond donors (Lipinski definition) is 0. The molecule has 38 heavy (non-hydrogen) atoms. The third-order valence-corrected chi connectivity index (χ3v) is 6.49. The maximum atomic E-state index is 13.6. The average Bonchev–Trinajstić information content (AvgIpc) is 3.14. The summed E-state index contributed by atoms with van der Waals surface area (Å²) in [5, 5.41) is 0. The van der Waals surface area contributed by atoms with Crippen LogP contribution in [-0.4, -0.2) is 30.2 Å². The molecule has 0 unspecified atom stereocenters. The first kappa shape index (κ1) is 25.3. The van der Waals surface area contributed by atoms with Crippen molar-refractivity contribution in [3.05, 3.63) is 89.0 Å². The van der Waals surface area contributed by atoms with Gasteiger partial charge < -0.3 is 9.47 Å². The summed E-state index contributed by atoms with van der Waals surface area (Å²) in [6, 6.07) is 14.3. The maximum Gasteiger partial charge on any atom is 0.416 e. The van der Waals surface area contributed by atoms with Gasteiger partial charge in [0.2, 0.25) is 0 Å². The molecule has 0 N–H and O–H groups in total. The van der Waals surface area contributed by atoms with Crippen LogP contribution < -0.4 is 14.4 Å². The lowest BCUT2D eigenvalue weighted by molar-refractivity contribution is -0.137. The van der Waals surface area contributed by atoms with Gasteiger partial charge >= 0.3 is 12.1 Å². The number of hydrogen-bond acceptors (Lipinski definition) is 5. The molecule has 2 aliphatic rings. The molecule has 0 radical (unpaired) electrons. The van der Waals surface area contributed by atoms with Crippen LogP contribution in [0.15, 0.2) is 71.7 Å². The smallest absolute Gasteiger partial charge is 0.416 e. The number of methoxy groups -OCH3 is 1. The van der Waals surface area contributed by atoms with Crippen molar-refractivity contribution in [2.45, 2.75) is 32.5 Å². The highest BCUT2D eigenvalue weighted by atomic mass is 19.4. The molecule has 5 rings (SSSR count). The molecule has 0 saturated carbocycles. The van der Waals surface area contributed by atoms with Gasteiger partial charge in [-0.3, -0.25) is 9.69 Å². The molecule has 0 fully saturated rings. The normalized spacial score (nSPS) is 16.8. The number of amides is 1. The highest BCUT2D eigenvalue weighted by Crippen LogP contribution is 2.47. The topological polar surface area (TPSA) is 68.2 Å². The minimum atomic E-state index is -4.56. The summed E-state index contributed by atoms with van der Waals surface area (Å²) in [6.07, 6.45) is -2.64. The number of anilines is 1. The van der Waals surface area contributed by atoms with E-state index in [2.05, 4.69) is 4.99 Å². The fourth-order valence-electron chi connectivity index (χ4n) is 4.90. The van der Waals surface area contributed by atoms with Gasteiger partial charge in [-0.2, -0.15) is 13.2 Å². The zero-order valence-corrected chi connectivity index (χ0v) is 21.0. The Morgan fingerprint density at radius 1 is 1.00 bits per heavy atom. The Bertz CT molecular complexity index is 1550. The average molecular weight is 521 g/mol. The first-order chi connectivity index (χ1) is 17.9. The number of carbonyl (C=O) groups excluding carboxylic acids is 2. The van der Waals surface area contributed by atoms with Crippen LogP contribution in [0, 0.1) is 0 Å². The van der Waals surface area contributed by atoms with E-state index in [1.165, 1.54) is 25.3 Å². The number of para-hydroxylation sites is 1. The van der Waals surface area contributed by atoms with E-state index >= 15 is 0 Å². The number of benzene rings is 3. The lowest BCUT2D eigenvalue weighted by atomic mass is 9.89. The molecular weight excluding hydrogens is 497 g/mol. The van der Waals surface area contributed by atoms with E-state index in [4.69, 9.17) is 9.47 Å². The van der Waals surface area contributed by atoms with Gasteiger partial charge in [-0.25, -0.2) is 9.79 Å². The predicted molar refractivity (Wildman–Crippen MR) is 137 cm³/mol. The summed E-state index contributed by atoms with van der Waals surface area (Å²) in [7, 11) is 1.44. The summed E-state index contributed by atoms with van der Waals surface area (Å²) < 4.78 is 50.8. The Hall–Kier alpha value is -4.40. The van der Waals surface area contributed by atoms with Crippen molar-refractivity contribution in [2.24, 2.45) is 4.99 Å². The van der Waals surface area contributed by atoms with E-state index in [9.17, 15) is 22.8 Å². The minimum absolute atomic E-state index is 0.0179. The Morgan fingerprint density at radius 2 is 1.71 bits per heavy atom. The van der Waals surface area contributed by atoms with E-state index in [0.717, 1.165) is 17.7 Å². The lowest BCUT2D eigenvalue weighted by Gasteiger charge is -2.38. The molecule has 1 amide bonds.